The molecule has 2 aliphatic rings. The average molecular weight is 189 g/mol. The van der Waals surface area contributed by atoms with Gasteiger partial charge in [0.2, 0.25) is 0 Å². The van der Waals surface area contributed by atoms with Gasteiger partial charge in [-0.1, -0.05) is 23.9 Å². The molecule has 11 heavy (non-hydrogen) atoms. The molecule has 0 radical (unpaired) electrons. The molecule has 0 bridgehead atoms. The monoisotopic (exact) mass is 189 g/mol. The third-order valence-electron chi connectivity index (χ3n) is 1.81. The summed E-state index contributed by atoms with van der Waals surface area (Å²) >= 11 is 3.77. The predicted molar refractivity (Wildman–Crippen MR) is 50.3 cm³/mol. The summed E-state index contributed by atoms with van der Waals surface area (Å²) in [5.74, 6) is 0. The Balaban J connectivity index is 2.01. The number of nitrogens with zero attached hydrogens (tertiary/aromatic N) is 3. The lowest BCUT2D eigenvalue weighted by atomic mass is 10.7. The molecule has 0 spiro atoms. The van der Waals surface area contributed by atoms with Crippen LogP contribution in [0.1, 0.15) is 0 Å². The fourth-order valence-electron chi connectivity index (χ4n) is 1.20. The van der Waals surface area contributed by atoms with Crippen LogP contribution in [0.2, 0.25) is 0 Å². The molecule has 62 valence electrons. The van der Waals surface area contributed by atoms with Crippen LogP contribution in [0.5, 0.6) is 0 Å². The Morgan fingerprint density at radius 3 is 2.09 bits per heavy atom. The highest BCUT2D eigenvalue weighted by molar-refractivity contribution is 8.27. The molecule has 2 rings (SSSR count). The molecule has 0 saturated carbocycles. The largest absolute Gasteiger partial charge is 0.346 e. The summed E-state index contributed by atoms with van der Waals surface area (Å²) in [5, 5.41) is 1.19. The number of rotatable bonds is 1. The van der Waals surface area contributed by atoms with E-state index in [0.717, 1.165) is 0 Å². The summed E-state index contributed by atoms with van der Waals surface area (Å²) in [5.41, 5.74) is 0. The van der Waals surface area contributed by atoms with Crippen molar-refractivity contribution in [2.75, 3.05) is 19.2 Å². The van der Waals surface area contributed by atoms with Crippen LogP contribution in [-0.4, -0.2) is 39.0 Å². The fourth-order valence-corrected chi connectivity index (χ4v) is 2.97. The van der Waals surface area contributed by atoms with Crippen molar-refractivity contribution < 1.29 is 0 Å². The van der Waals surface area contributed by atoms with E-state index in [0.29, 0.717) is 6.29 Å². The lowest BCUT2D eigenvalue weighted by Crippen LogP contribution is -2.45. The van der Waals surface area contributed by atoms with Gasteiger partial charge in [0, 0.05) is 26.5 Å². The molecule has 1 saturated heterocycles. The molecular formula is C6H11N3S2. The Bertz CT molecular complexity index is 169. The minimum atomic E-state index is 0.416. The Morgan fingerprint density at radius 2 is 1.73 bits per heavy atom. The lowest BCUT2D eigenvalue weighted by Gasteiger charge is -2.40. The molecule has 0 amide bonds. The highest BCUT2D eigenvalue weighted by Crippen LogP contribution is 2.41. The van der Waals surface area contributed by atoms with Crippen molar-refractivity contribution in [3.05, 3.63) is 12.4 Å². The summed E-state index contributed by atoms with van der Waals surface area (Å²) in [7, 11) is 4.20. The zero-order chi connectivity index (χ0) is 7.84. The molecule has 2 aliphatic heterocycles. The summed E-state index contributed by atoms with van der Waals surface area (Å²) in [6, 6.07) is 0. The van der Waals surface area contributed by atoms with Crippen molar-refractivity contribution in [2.24, 2.45) is 0 Å². The van der Waals surface area contributed by atoms with E-state index in [1.165, 1.54) is 5.08 Å². The van der Waals surface area contributed by atoms with Gasteiger partial charge in [-0.2, -0.15) is 3.71 Å². The molecule has 5 heteroatoms. The normalized spacial score (nSPS) is 26.4. The van der Waals surface area contributed by atoms with Crippen LogP contribution in [0.3, 0.4) is 0 Å². The van der Waals surface area contributed by atoms with Gasteiger partial charge in [0.1, 0.15) is 0 Å². The molecular weight excluding hydrogens is 178 g/mol. The van der Waals surface area contributed by atoms with Crippen LogP contribution < -0.4 is 0 Å². The van der Waals surface area contributed by atoms with Gasteiger partial charge in [-0.25, -0.2) is 0 Å². The van der Waals surface area contributed by atoms with E-state index in [9.17, 15) is 0 Å². The number of hydrogen-bond acceptors (Lipinski definition) is 5. The van der Waals surface area contributed by atoms with E-state index < -0.39 is 0 Å². The van der Waals surface area contributed by atoms with E-state index in [-0.39, 0.29) is 0 Å². The van der Waals surface area contributed by atoms with Gasteiger partial charge in [0.15, 0.2) is 6.29 Å². The summed E-state index contributed by atoms with van der Waals surface area (Å²) in [4.78, 5) is 4.42. The van der Waals surface area contributed by atoms with E-state index >= 15 is 0 Å². The standard InChI is InChI=1S/C6H11N3S2/c1-7-3-4-8(2)6(7)9-10-5-11-9/h3-4,6H,5H2,1-2H3. The van der Waals surface area contributed by atoms with Gasteiger partial charge in [-0.05, 0) is 0 Å². The van der Waals surface area contributed by atoms with Gasteiger partial charge in [0.25, 0.3) is 0 Å². The second kappa shape index (κ2) is 2.80. The zero-order valence-corrected chi connectivity index (χ0v) is 8.23. The first-order valence-electron chi connectivity index (χ1n) is 3.46. The smallest absolute Gasteiger partial charge is 0.178 e. The van der Waals surface area contributed by atoms with E-state index in [1.807, 2.05) is 23.9 Å². The summed E-state index contributed by atoms with van der Waals surface area (Å²) < 4.78 is 2.31. The first-order valence-corrected chi connectivity index (χ1v) is 5.35. The van der Waals surface area contributed by atoms with Gasteiger partial charge in [-0.15, -0.1) is 0 Å². The highest BCUT2D eigenvalue weighted by atomic mass is 32.3. The van der Waals surface area contributed by atoms with Crippen LogP contribution in [0, 0.1) is 0 Å². The van der Waals surface area contributed by atoms with Crippen molar-refractivity contribution >= 4 is 23.9 Å². The van der Waals surface area contributed by atoms with Crippen molar-refractivity contribution in [3.8, 4) is 0 Å². The molecule has 0 aromatic rings. The van der Waals surface area contributed by atoms with Crippen LogP contribution in [0.25, 0.3) is 0 Å². The van der Waals surface area contributed by atoms with Crippen molar-refractivity contribution in [2.45, 2.75) is 6.29 Å². The minimum absolute atomic E-state index is 0.416. The maximum atomic E-state index is 2.31. The maximum absolute atomic E-state index is 2.31. The number of hydrogen-bond donors (Lipinski definition) is 0. The molecule has 0 aromatic carbocycles. The van der Waals surface area contributed by atoms with Crippen LogP contribution in [0.4, 0.5) is 0 Å². The van der Waals surface area contributed by atoms with Crippen molar-refractivity contribution in [1.82, 2.24) is 13.5 Å². The summed E-state index contributed by atoms with van der Waals surface area (Å²) in [6.07, 6.45) is 4.62. The van der Waals surface area contributed by atoms with E-state index in [1.54, 1.807) is 0 Å². The molecule has 0 aromatic heterocycles. The zero-order valence-electron chi connectivity index (χ0n) is 6.60. The topological polar surface area (TPSA) is 9.72 Å². The second-order valence-corrected chi connectivity index (χ2v) is 5.11. The van der Waals surface area contributed by atoms with Crippen LogP contribution in [-0.2, 0) is 0 Å². The van der Waals surface area contributed by atoms with Gasteiger partial charge in [0.05, 0.1) is 5.08 Å². The summed E-state index contributed by atoms with van der Waals surface area (Å²) in [6.45, 7) is 0. The van der Waals surface area contributed by atoms with E-state index in [2.05, 4.69) is 40.0 Å². The molecule has 3 nitrogen and oxygen atoms in total. The van der Waals surface area contributed by atoms with Crippen LogP contribution >= 0.6 is 23.9 Å². The molecule has 1 fully saturated rings. The van der Waals surface area contributed by atoms with Crippen LogP contribution in [0.15, 0.2) is 12.4 Å². The molecule has 0 aliphatic carbocycles. The van der Waals surface area contributed by atoms with Crippen molar-refractivity contribution in [1.29, 1.82) is 0 Å². The molecule has 0 atom stereocenters. The maximum Gasteiger partial charge on any atom is 0.178 e. The molecule has 2 heterocycles. The first-order chi connectivity index (χ1) is 5.29. The Hall–Kier alpha value is -0.000000000000000111. The van der Waals surface area contributed by atoms with Gasteiger partial charge < -0.3 is 9.80 Å². The highest BCUT2D eigenvalue weighted by Gasteiger charge is 2.32. The third kappa shape index (κ3) is 1.21. The SMILES string of the molecule is CN1C=CN(C)C1N1SCS1. The minimum Gasteiger partial charge on any atom is -0.346 e. The Kier molecular flexibility index (Phi) is 1.95. The average Bonchev–Trinajstić information content (AvgIpc) is 2.15. The Morgan fingerprint density at radius 1 is 1.18 bits per heavy atom. The molecule has 0 N–H and O–H groups in total. The second-order valence-electron chi connectivity index (χ2n) is 2.64. The quantitative estimate of drug-likeness (QED) is 0.571. The lowest BCUT2D eigenvalue weighted by molar-refractivity contribution is 0.144. The van der Waals surface area contributed by atoms with Crippen molar-refractivity contribution in [3.63, 3.8) is 0 Å². The third-order valence-corrected chi connectivity index (χ3v) is 4.18. The first kappa shape index (κ1) is 7.64. The van der Waals surface area contributed by atoms with Gasteiger partial charge >= 0.3 is 0 Å². The fraction of sp³-hybridized carbons (Fsp3) is 0.667. The van der Waals surface area contributed by atoms with E-state index in [4.69, 9.17) is 0 Å². The predicted octanol–water partition coefficient (Wildman–Crippen LogP) is 1.19. The van der Waals surface area contributed by atoms with Gasteiger partial charge in [-0.3, -0.25) is 0 Å². The Labute approximate surface area is 75.7 Å². The molecule has 0 unspecified atom stereocenters.